The molecular weight excluding hydrogens is 442 g/mol. The van der Waals surface area contributed by atoms with E-state index in [9.17, 15) is 18.5 Å². The lowest BCUT2D eigenvalue weighted by Gasteiger charge is -2.04. The van der Waals surface area contributed by atoms with Crippen LogP contribution in [0.1, 0.15) is 5.56 Å². The van der Waals surface area contributed by atoms with Gasteiger partial charge in [0.2, 0.25) is 10.0 Å². The summed E-state index contributed by atoms with van der Waals surface area (Å²) in [4.78, 5) is 10.2. The summed E-state index contributed by atoms with van der Waals surface area (Å²) in [7, 11) is -3.86. The van der Waals surface area contributed by atoms with E-state index in [0.717, 1.165) is 32.6 Å². The van der Waals surface area contributed by atoms with Crippen LogP contribution in [-0.4, -0.2) is 13.3 Å². The number of nitro benzene ring substituents is 1. The van der Waals surface area contributed by atoms with Gasteiger partial charge in [-0.2, -0.15) is 0 Å². The minimum Gasteiger partial charge on any atom is -0.258 e. The molecule has 0 bridgehead atoms. The molecule has 1 heterocycles. The third-order valence-electron chi connectivity index (χ3n) is 4.33. The zero-order chi connectivity index (χ0) is 21.1. The van der Waals surface area contributed by atoms with Crippen LogP contribution in [0, 0.1) is 10.1 Å². The first-order valence-electron chi connectivity index (χ1n) is 8.83. The Morgan fingerprint density at radius 2 is 1.63 bits per heavy atom. The second-order valence-electron chi connectivity index (χ2n) is 6.35. The number of sulfonamides is 1. The highest BCUT2D eigenvalue weighted by molar-refractivity contribution is 8.09. The maximum Gasteiger partial charge on any atom is 0.278 e. The van der Waals surface area contributed by atoms with Gasteiger partial charge in [0, 0.05) is 29.6 Å². The molecule has 0 saturated carbocycles. The number of fused-ring (bicyclic) bond motifs is 1. The van der Waals surface area contributed by atoms with Crippen molar-refractivity contribution in [2.24, 2.45) is 0 Å². The molecule has 0 atom stereocenters. The zero-order valence-corrected chi connectivity index (χ0v) is 17.9. The molecule has 0 spiro atoms. The third-order valence-corrected chi connectivity index (χ3v) is 8.27. The van der Waals surface area contributed by atoms with Gasteiger partial charge < -0.3 is 0 Å². The Kier molecular flexibility index (Phi) is 5.82. The average molecular weight is 459 g/mol. The van der Waals surface area contributed by atoms with Crippen LogP contribution in [0.25, 0.3) is 10.1 Å². The molecular formula is C20H16N3O4S3+. The van der Waals surface area contributed by atoms with Crippen LogP contribution in [0.4, 0.5) is 5.69 Å². The molecule has 10 heteroatoms. The molecule has 4 rings (SSSR count). The van der Waals surface area contributed by atoms with E-state index in [2.05, 4.69) is 4.13 Å². The standard InChI is InChI=1S/C20H16N3O4S3/c24-23(25)16-10-12-17(13-11-16)30(26,27)21-28-20-18-8-4-5-9-19(18)29-22(20)14-15-6-2-1-3-7-15/h1-13,21H,14H2/q+1. The number of benzene rings is 3. The molecule has 0 aliphatic heterocycles. The lowest BCUT2D eigenvalue weighted by Crippen LogP contribution is -2.33. The summed E-state index contributed by atoms with van der Waals surface area (Å²) in [5.41, 5.74) is 0.945. The number of nitro groups is 1. The number of non-ortho nitro benzene ring substituents is 1. The predicted octanol–water partition coefficient (Wildman–Crippen LogP) is 4.13. The lowest BCUT2D eigenvalue weighted by molar-refractivity contribution is -0.656. The van der Waals surface area contributed by atoms with Crippen molar-refractivity contribution in [3.63, 3.8) is 0 Å². The molecule has 0 saturated heterocycles. The number of nitrogens with zero attached hydrogens (tertiary/aromatic N) is 2. The van der Waals surface area contributed by atoms with Crippen LogP contribution in [0.5, 0.6) is 0 Å². The molecule has 30 heavy (non-hydrogen) atoms. The smallest absolute Gasteiger partial charge is 0.258 e. The van der Waals surface area contributed by atoms with Gasteiger partial charge in [-0.15, -0.1) is 8.08 Å². The summed E-state index contributed by atoms with van der Waals surface area (Å²) in [6.45, 7) is 0.613. The molecule has 1 aromatic heterocycles. The van der Waals surface area contributed by atoms with Gasteiger partial charge in [0.05, 0.1) is 15.2 Å². The molecule has 0 amide bonds. The maximum atomic E-state index is 12.7. The van der Waals surface area contributed by atoms with Crippen molar-refractivity contribution in [2.45, 2.75) is 16.5 Å². The van der Waals surface area contributed by atoms with Crippen LogP contribution in [-0.2, 0) is 16.6 Å². The van der Waals surface area contributed by atoms with Gasteiger partial charge in [-0.1, -0.05) is 42.5 Å². The van der Waals surface area contributed by atoms with Gasteiger partial charge in [0.1, 0.15) is 16.2 Å². The van der Waals surface area contributed by atoms with Gasteiger partial charge in [0.15, 0.2) is 6.54 Å². The number of hydrogen-bond donors (Lipinski definition) is 1. The number of hydrogen-bond acceptors (Lipinski definition) is 6. The summed E-state index contributed by atoms with van der Waals surface area (Å²) in [6, 6.07) is 22.5. The maximum absolute atomic E-state index is 12.7. The first-order valence-corrected chi connectivity index (χ1v) is 11.9. The largest absolute Gasteiger partial charge is 0.278 e. The summed E-state index contributed by atoms with van der Waals surface area (Å²) in [5.74, 6) is 0. The van der Waals surface area contributed by atoms with Gasteiger partial charge in [-0.05, 0) is 24.3 Å². The van der Waals surface area contributed by atoms with Crippen molar-refractivity contribution in [3.8, 4) is 0 Å². The van der Waals surface area contributed by atoms with Crippen molar-refractivity contribution in [1.29, 1.82) is 0 Å². The van der Waals surface area contributed by atoms with Crippen molar-refractivity contribution >= 4 is 49.3 Å². The van der Waals surface area contributed by atoms with Gasteiger partial charge in [0.25, 0.3) is 10.7 Å². The fourth-order valence-corrected chi connectivity index (χ4v) is 6.28. The summed E-state index contributed by atoms with van der Waals surface area (Å²) < 4.78 is 31.1. The van der Waals surface area contributed by atoms with Crippen LogP contribution < -0.4 is 8.08 Å². The quantitative estimate of drug-likeness (QED) is 0.195. The highest BCUT2D eigenvalue weighted by atomic mass is 32.3. The third kappa shape index (κ3) is 4.36. The summed E-state index contributed by atoms with van der Waals surface area (Å²) in [5, 5.41) is 12.5. The molecule has 0 aliphatic rings. The highest BCUT2D eigenvalue weighted by Gasteiger charge is 2.25. The number of rotatable bonds is 7. The lowest BCUT2D eigenvalue weighted by atomic mass is 10.2. The van der Waals surface area contributed by atoms with E-state index in [4.69, 9.17) is 0 Å². The molecule has 7 nitrogen and oxygen atoms in total. The molecule has 0 fully saturated rings. The molecule has 0 radical (unpaired) electrons. The minimum absolute atomic E-state index is 0.0326. The molecule has 152 valence electrons. The van der Waals surface area contributed by atoms with E-state index >= 15 is 0 Å². The van der Waals surface area contributed by atoms with Crippen LogP contribution in [0.15, 0.2) is 88.8 Å². The Morgan fingerprint density at radius 1 is 0.967 bits per heavy atom. The van der Waals surface area contributed by atoms with Crippen molar-refractivity contribution in [2.75, 3.05) is 0 Å². The second-order valence-corrected chi connectivity index (χ2v) is 10.2. The Bertz CT molecular complexity index is 1300. The van der Waals surface area contributed by atoms with E-state index in [1.54, 1.807) is 11.5 Å². The van der Waals surface area contributed by atoms with E-state index in [-0.39, 0.29) is 10.6 Å². The zero-order valence-electron chi connectivity index (χ0n) is 15.5. The molecule has 1 N–H and O–H groups in total. The normalized spacial score (nSPS) is 11.6. The second kappa shape index (κ2) is 8.52. The summed E-state index contributed by atoms with van der Waals surface area (Å²) in [6.07, 6.45) is 0. The molecule has 4 aromatic rings. The van der Waals surface area contributed by atoms with Crippen molar-refractivity contribution < 1.29 is 17.3 Å². The summed E-state index contributed by atoms with van der Waals surface area (Å²) >= 11 is 2.57. The predicted molar refractivity (Wildman–Crippen MR) is 117 cm³/mol. The Morgan fingerprint density at radius 3 is 2.33 bits per heavy atom. The van der Waals surface area contributed by atoms with Crippen molar-refractivity contribution in [1.82, 2.24) is 4.13 Å². The fraction of sp³-hybridized carbons (Fsp3) is 0.0500. The van der Waals surface area contributed by atoms with Crippen molar-refractivity contribution in [3.05, 3.63) is 94.5 Å². The van der Waals surface area contributed by atoms with Crippen LogP contribution >= 0.6 is 23.5 Å². The Labute approximate surface area is 181 Å². The minimum atomic E-state index is -3.86. The first-order chi connectivity index (χ1) is 14.4. The SMILES string of the molecule is O=[N+]([O-])c1ccc(S(=O)(=O)NSc2c3ccccc3s[n+]2Cc2ccccc2)cc1. The van der Waals surface area contributed by atoms with E-state index in [0.29, 0.717) is 6.54 Å². The highest BCUT2D eigenvalue weighted by Crippen LogP contribution is 2.29. The van der Waals surface area contributed by atoms with E-state index < -0.39 is 14.9 Å². The van der Waals surface area contributed by atoms with E-state index in [1.165, 1.54) is 24.3 Å². The van der Waals surface area contributed by atoms with Gasteiger partial charge in [-0.25, -0.2) is 8.42 Å². The van der Waals surface area contributed by atoms with Crippen LogP contribution in [0.3, 0.4) is 0 Å². The van der Waals surface area contributed by atoms with Gasteiger partial charge in [-0.3, -0.25) is 10.1 Å². The molecule has 3 aromatic carbocycles. The molecule has 0 aliphatic carbocycles. The number of aromatic nitrogens is 1. The van der Waals surface area contributed by atoms with Gasteiger partial charge >= 0.3 is 0 Å². The van der Waals surface area contributed by atoms with E-state index in [1.807, 2.05) is 58.6 Å². The topological polar surface area (TPSA) is 93.2 Å². The monoisotopic (exact) mass is 458 g/mol. The fourth-order valence-electron chi connectivity index (χ4n) is 2.87. The Hall–Kier alpha value is -2.79. The molecule has 0 unspecified atom stereocenters. The average Bonchev–Trinajstić information content (AvgIpc) is 3.10. The first kappa shape index (κ1) is 20.5. The Balaban J connectivity index is 1.62. The van der Waals surface area contributed by atoms with Crippen LogP contribution in [0.2, 0.25) is 0 Å². The number of nitrogens with one attached hydrogen (secondary N) is 1.